The zero-order valence-corrected chi connectivity index (χ0v) is 71.4. The van der Waals surface area contributed by atoms with Gasteiger partial charge in [-0.1, -0.05) is 285 Å². The second-order valence-corrected chi connectivity index (χ2v) is 15.3. The summed E-state index contributed by atoms with van der Waals surface area (Å²) in [4.78, 5) is 37.5. The van der Waals surface area contributed by atoms with Crippen molar-refractivity contribution in [2.24, 2.45) is 0 Å². The number of rotatable bonds is 0. The average Bonchev–Trinajstić information content (AvgIpc) is 4.49. The highest BCUT2D eigenvalue weighted by atomic mass is 32.1. The molecular formula is C85H165N9S2. The van der Waals surface area contributed by atoms with Crippen LogP contribution in [0.4, 0.5) is 0 Å². The van der Waals surface area contributed by atoms with E-state index in [-0.39, 0.29) is 14.9 Å². The molecule has 9 rings (SSSR count). The number of hydrogen-bond acceptors (Lipinski definition) is 11. The van der Waals surface area contributed by atoms with Gasteiger partial charge in [0.1, 0.15) is 18.5 Å². The summed E-state index contributed by atoms with van der Waals surface area (Å²) in [5.41, 5.74) is 8.47. The lowest BCUT2D eigenvalue weighted by molar-refractivity contribution is 1.05. The quantitative estimate of drug-likeness (QED) is 0.146. The molecule has 0 fully saturated rings. The van der Waals surface area contributed by atoms with Gasteiger partial charge >= 0.3 is 0 Å². The summed E-state index contributed by atoms with van der Waals surface area (Å²) in [7, 11) is 0. The number of thiophene rings is 2. The summed E-state index contributed by atoms with van der Waals surface area (Å²) in [6.45, 7) is 84.3. The molecule has 562 valence electrons. The maximum Gasteiger partial charge on any atom is 0.125 e. The molecule has 0 aliphatic heterocycles. The predicted molar refractivity (Wildman–Crippen MR) is 456 cm³/mol. The highest BCUT2D eigenvalue weighted by Gasteiger charge is 1.88. The zero-order valence-electron chi connectivity index (χ0n) is 69.7. The van der Waals surface area contributed by atoms with Crippen LogP contribution in [0.1, 0.15) is 291 Å². The van der Waals surface area contributed by atoms with E-state index in [9.17, 15) is 0 Å². The zero-order chi connectivity index (χ0) is 77.5. The molecule has 8 heterocycles. The van der Waals surface area contributed by atoms with E-state index in [1.54, 1.807) is 84.5 Å². The second-order valence-electron chi connectivity index (χ2n) is 13.1. The molecule has 0 saturated carbocycles. The van der Waals surface area contributed by atoms with Gasteiger partial charge in [-0.05, 0) is 162 Å². The molecule has 0 aliphatic rings. The lowest BCUT2D eigenvalue weighted by atomic mass is 10.3. The number of hydrogen-bond donors (Lipinski definition) is 0. The van der Waals surface area contributed by atoms with E-state index in [2.05, 4.69) is 95.4 Å². The first-order chi connectivity index (χ1) is 46.0. The normalized spacial score (nSPS) is 6.69. The van der Waals surface area contributed by atoms with Crippen molar-refractivity contribution in [2.75, 3.05) is 0 Å². The third kappa shape index (κ3) is 144. The van der Waals surface area contributed by atoms with Gasteiger partial charge in [0, 0.05) is 83.1 Å². The van der Waals surface area contributed by atoms with E-state index in [0.717, 1.165) is 22.8 Å². The molecule has 0 N–H and O–H groups in total. The van der Waals surface area contributed by atoms with Gasteiger partial charge in [-0.2, -0.15) is 0 Å². The highest BCUT2D eigenvalue weighted by Crippen LogP contribution is 2.12. The van der Waals surface area contributed by atoms with E-state index >= 15 is 0 Å². The first kappa shape index (κ1) is 137. The smallest absolute Gasteiger partial charge is 0.125 e. The standard InChI is InChI=1S/3C6H7N.2C6H8S.C6H6.3C5H6N2.16C2H6.2CH4/c1-6-2-4-7-5-3-6;1-6-3-2-4-7-5-6;1-6-4-2-3-5-7-6;2*1-5-3-4-7-6(5)2;1-2-4-6-5-3-1;1-5-2-6-4-7-3-5;1-5-2-3-6-4-7-5;1-5-6-3-2-4-7-5;16*1-2;;/h3*2-5H,1H3;2*3-4H,1-2H3;1-6H;3*2-4H,1H3;16*1-2H3;2*1H4. The molecule has 0 saturated heterocycles. The van der Waals surface area contributed by atoms with E-state index in [1.165, 1.54) is 44.7 Å². The Morgan fingerprint density at radius 2 is 0.562 bits per heavy atom. The molecule has 0 unspecified atom stereocenters. The van der Waals surface area contributed by atoms with Crippen molar-refractivity contribution in [2.45, 2.75) is 306 Å². The van der Waals surface area contributed by atoms with Crippen LogP contribution in [0.2, 0.25) is 0 Å². The number of aromatic nitrogens is 9. The Balaban J connectivity index is -0.0000000422. The van der Waals surface area contributed by atoms with Gasteiger partial charge in [0.15, 0.2) is 0 Å². The number of aryl methyl sites for hydroxylation is 10. The largest absolute Gasteiger partial charge is 0.265 e. The maximum atomic E-state index is 3.98. The fraction of sp³-hybridized carbons (Fsp3) is 0.518. The topological polar surface area (TPSA) is 116 Å². The summed E-state index contributed by atoms with van der Waals surface area (Å²) in [5.74, 6) is 0.822. The molecule has 11 heteroatoms. The summed E-state index contributed by atoms with van der Waals surface area (Å²) < 4.78 is 0. The van der Waals surface area contributed by atoms with Crippen molar-refractivity contribution < 1.29 is 0 Å². The summed E-state index contributed by atoms with van der Waals surface area (Å²) >= 11 is 3.61. The van der Waals surface area contributed by atoms with Gasteiger partial charge < -0.3 is 0 Å². The van der Waals surface area contributed by atoms with Crippen molar-refractivity contribution in [1.29, 1.82) is 0 Å². The SMILES string of the molecule is C.C.CC.CC.CC.CC.CC.CC.CC.CC.CC.CC.CC.CC.CC.CC.CC.CC.Cc1ccccn1.Cc1cccnc1.Cc1ccncc1.Cc1ccncn1.Cc1ccsc1C.Cc1ccsc1C.Cc1cncnc1.Cc1ncccn1.c1ccccc1. The van der Waals surface area contributed by atoms with Crippen LogP contribution in [0.5, 0.6) is 0 Å². The monoisotopic (exact) mass is 1380 g/mol. The predicted octanol–water partition coefficient (Wildman–Crippen LogP) is 30.6. The Morgan fingerprint density at radius 3 is 0.708 bits per heavy atom. The van der Waals surface area contributed by atoms with Crippen LogP contribution in [0.15, 0.2) is 189 Å². The van der Waals surface area contributed by atoms with Crippen molar-refractivity contribution in [3.63, 3.8) is 0 Å². The number of nitrogens with zero attached hydrogens (tertiary/aromatic N) is 9. The number of benzene rings is 1. The molecule has 0 bridgehead atoms. The first-order valence-corrected chi connectivity index (χ1v) is 37.5. The van der Waals surface area contributed by atoms with E-state index in [0.29, 0.717) is 0 Å². The minimum Gasteiger partial charge on any atom is -0.265 e. The summed E-state index contributed by atoms with van der Waals surface area (Å²) in [6.07, 6.45) is 20.7. The van der Waals surface area contributed by atoms with Crippen molar-refractivity contribution in [3.05, 3.63) is 243 Å². The Morgan fingerprint density at radius 1 is 0.229 bits per heavy atom. The highest BCUT2D eigenvalue weighted by molar-refractivity contribution is 7.10. The van der Waals surface area contributed by atoms with E-state index < -0.39 is 0 Å². The van der Waals surface area contributed by atoms with Crippen LogP contribution in [0.3, 0.4) is 0 Å². The van der Waals surface area contributed by atoms with Gasteiger partial charge in [0.25, 0.3) is 0 Å². The van der Waals surface area contributed by atoms with Crippen molar-refractivity contribution >= 4 is 22.7 Å². The van der Waals surface area contributed by atoms with Crippen LogP contribution in [0.25, 0.3) is 0 Å². The van der Waals surface area contributed by atoms with Gasteiger partial charge in [-0.3, -0.25) is 15.0 Å². The molecule has 1 aromatic carbocycles. The van der Waals surface area contributed by atoms with E-state index in [4.69, 9.17) is 0 Å². The van der Waals surface area contributed by atoms with Crippen LogP contribution < -0.4 is 0 Å². The Hall–Kier alpha value is -6.69. The first-order valence-electron chi connectivity index (χ1n) is 35.8. The minimum atomic E-state index is 0. The molecule has 9 aromatic rings. The van der Waals surface area contributed by atoms with Gasteiger partial charge in [0.2, 0.25) is 0 Å². The van der Waals surface area contributed by atoms with Gasteiger partial charge in [0.05, 0.1) is 0 Å². The van der Waals surface area contributed by atoms with Crippen LogP contribution in [-0.4, -0.2) is 44.9 Å². The molecule has 0 spiro atoms. The summed E-state index contributed by atoms with van der Waals surface area (Å²) in [6, 6.07) is 33.7. The average molecular weight is 1380 g/mol. The van der Waals surface area contributed by atoms with Crippen LogP contribution in [-0.2, 0) is 0 Å². The van der Waals surface area contributed by atoms with Crippen LogP contribution >= 0.6 is 22.7 Å². The Labute approximate surface area is 612 Å². The fourth-order valence-electron chi connectivity index (χ4n) is 3.71. The minimum absolute atomic E-state index is 0. The molecule has 0 amide bonds. The van der Waals surface area contributed by atoms with Gasteiger partial charge in [-0.15, -0.1) is 22.7 Å². The molecule has 8 aromatic heterocycles. The lowest BCUT2D eigenvalue weighted by Crippen LogP contribution is -1.80. The molecular weight excluding hydrogens is 1210 g/mol. The van der Waals surface area contributed by atoms with Crippen molar-refractivity contribution in [3.8, 4) is 0 Å². The second kappa shape index (κ2) is 158. The third-order valence-electron chi connectivity index (χ3n) is 7.49. The maximum absolute atomic E-state index is 3.98. The van der Waals surface area contributed by atoms with Crippen molar-refractivity contribution in [1.82, 2.24) is 44.9 Å². The third-order valence-corrected chi connectivity index (χ3v) is 9.38. The van der Waals surface area contributed by atoms with E-state index in [1.807, 2.05) is 354 Å². The van der Waals surface area contributed by atoms with Crippen LogP contribution in [0, 0.1) is 69.2 Å². The molecule has 96 heavy (non-hydrogen) atoms. The Bertz CT molecular complexity index is 1900. The van der Waals surface area contributed by atoms with Gasteiger partial charge in [-0.25, -0.2) is 29.9 Å². The fourth-order valence-corrected chi connectivity index (χ4v) is 5.17. The molecule has 0 radical (unpaired) electrons. The molecule has 0 atom stereocenters. The Kier molecular flexibility index (Phi) is 225. The lowest BCUT2D eigenvalue weighted by Gasteiger charge is -1.82. The number of pyridine rings is 3. The molecule has 9 nitrogen and oxygen atoms in total. The summed E-state index contributed by atoms with van der Waals surface area (Å²) in [5, 5.41) is 4.23. The molecule has 0 aliphatic carbocycles.